The molecule has 0 fully saturated rings. The first kappa shape index (κ1) is 14.1. The molecule has 94 valence electrons. The fourth-order valence-corrected chi connectivity index (χ4v) is 2.78. The van der Waals surface area contributed by atoms with Crippen molar-refractivity contribution in [3.05, 3.63) is 29.8 Å². The summed E-state index contributed by atoms with van der Waals surface area (Å²) >= 11 is 2.94. The smallest absolute Gasteiger partial charge is 0.337 e. The maximum absolute atomic E-state index is 12.0. The number of hydrogen-bond donors (Lipinski definition) is 0. The fraction of sp³-hybridized carbons (Fsp3) is 0.300. The largest absolute Gasteiger partial charge is 0.465 e. The summed E-state index contributed by atoms with van der Waals surface area (Å²) in [5.74, 6) is -0.570. The lowest BCUT2D eigenvalue weighted by Gasteiger charge is -2.12. The molecule has 1 rings (SSSR count). The molecule has 0 saturated carbocycles. The maximum atomic E-state index is 12.0. The quantitative estimate of drug-likeness (QED) is 0.626. The van der Waals surface area contributed by atoms with E-state index in [2.05, 4.69) is 20.9 Å². The van der Waals surface area contributed by atoms with Gasteiger partial charge in [0, 0.05) is 22.7 Å². The average Bonchev–Trinajstić information content (AvgIpc) is 2.36. The summed E-state index contributed by atoms with van der Waals surface area (Å²) in [6, 6.07) is 5.70. The number of hydrogen-bond acceptors (Lipinski definition) is 4. The third kappa shape index (κ3) is 3.05. The van der Waals surface area contributed by atoms with Crippen LogP contribution in [0.4, 0.5) is 0 Å². The number of nitrogens with zero attached hydrogens (tertiary/aromatic N) is 1. The highest BCUT2D eigenvalue weighted by Gasteiger charge is 2.22. The molecular weight excluding hydrogens is 310 g/mol. The third-order valence-electron chi connectivity index (χ3n) is 2.06. The molecule has 0 amide bonds. The molecule has 0 aromatic heterocycles. The molecule has 1 aromatic rings. The summed E-state index contributed by atoms with van der Waals surface area (Å²) in [5.41, 5.74) is 0.200. The normalized spacial score (nSPS) is 11.5. The second-order valence-corrected chi connectivity index (χ2v) is 6.32. The molecule has 0 bridgehead atoms. The number of esters is 1. The van der Waals surface area contributed by atoms with Crippen LogP contribution in [0.2, 0.25) is 0 Å². The molecule has 5 nitrogen and oxygen atoms in total. The van der Waals surface area contributed by atoms with E-state index >= 15 is 0 Å². The van der Waals surface area contributed by atoms with Crippen LogP contribution in [-0.4, -0.2) is 31.4 Å². The Morgan fingerprint density at radius 1 is 1.47 bits per heavy atom. The molecule has 0 N–H and O–H groups in total. The summed E-state index contributed by atoms with van der Waals surface area (Å²) in [6.07, 6.45) is 0. The summed E-state index contributed by atoms with van der Waals surface area (Å²) in [6.45, 7) is 1.97. The van der Waals surface area contributed by atoms with Crippen LogP contribution in [0.1, 0.15) is 17.3 Å². The minimum absolute atomic E-state index is 0.0409. The number of ether oxygens (including phenoxy) is 1. The highest BCUT2D eigenvalue weighted by Crippen LogP contribution is 2.19. The second-order valence-electron chi connectivity index (χ2n) is 3.13. The van der Waals surface area contributed by atoms with Crippen LogP contribution < -0.4 is 0 Å². The van der Waals surface area contributed by atoms with Gasteiger partial charge in [-0.25, -0.2) is 13.2 Å². The van der Waals surface area contributed by atoms with E-state index in [0.29, 0.717) is 0 Å². The van der Waals surface area contributed by atoms with Gasteiger partial charge in [0.25, 0.3) is 10.0 Å². The molecule has 0 heterocycles. The topological polar surface area (TPSA) is 63.7 Å². The Bertz CT molecular complexity index is 515. The van der Waals surface area contributed by atoms with Gasteiger partial charge >= 0.3 is 5.97 Å². The summed E-state index contributed by atoms with van der Waals surface area (Å²) < 4.78 is 29.5. The van der Waals surface area contributed by atoms with Crippen molar-refractivity contribution in [2.45, 2.75) is 11.8 Å². The van der Waals surface area contributed by atoms with Crippen molar-refractivity contribution in [3.8, 4) is 0 Å². The van der Waals surface area contributed by atoms with E-state index < -0.39 is 16.0 Å². The zero-order valence-corrected chi connectivity index (χ0v) is 11.8. The van der Waals surface area contributed by atoms with Crippen molar-refractivity contribution >= 4 is 32.1 Å². The van der Waals surface area contributed by atoms with Gasteiger partial charge in [-0.2, -0.15) is 0 Å². The molecule has 0 spiro atoms. The molecule has 0 aliphatic carbocycles. The Morgan fingerprint density at radius 2 is 2.12 bits per heavy atom. The van der Waals surface area contributed by atoms with Crippen LogP contribution in [0.25, 0.3) is 0 Å². The minimum atomic E-state index is -3.61. The van der Waals surface area contributed by atoms with Crippen molar-refractivity contribution in [2.75, 3.05) is 13.7 Å². The average molecular weight is 322 g/mol. The van der Waals surface area contributed by atoms with Gasteiger partial charge in [-0.3, -0.25) is 0 Å². The summed E-state index contributed by atoms with van der Waals surface area (Å²) in [5, 5.41) is 0. The summed E-state index contributed by atoms with van der Waals surface area (Å²) in [4.78, 5) is 11.3. The Balaban J connectivity index is 3.21. The van der Waals surface area contributed by atoms with Gasteiger partial charge in [0.15, 0.2) is 0 Å². The zero-order chi connectivity index (χ0) is 13.1. The van der Waals surface area contributed by atoms with E-state index in [-0.39, 0.29) is 17.0 Å². The number of sulfonamides is 1. The number of benzene rings is 1. The monoisotopic (exact) mass is 321 g/mol. The predicted octanol–water partition coefficient (Wildman–Crippen LogP) is 1.79. The van der Waals surface area contributed by atoms with Crippen LogP contribution in [-0.2, 0) is 14.8 Å². The highest BCUT2D eigenvalue weighted by molar-refractivity contribution is 9.08. The van der Waals surface area contributed by atoms with Gasteiger partial charge in [-0.1, -0.05) is 13.0 Å². The lowest BCUT2D eigenvalue weighted by Crippen LogP contribution is -2.21. The van der Waals surface area contributed by atoms with E-state index in [4.69, 9.17) is 0 Å². The van der Waals surface area contributed by atoms with E-state index in [1.807, 2.05) is 0 Å². The van der Waals surface area contributed by atoms with Gasteiger partial charge in [0.1, 0.15) is 0 Å². The van der Waals surface area contributed by atoms with E-state index in [1.54, 1.807) is 6.92 Å². The van der Waals surface area contributed by atoms with Gasteiger partial charge in [-0.15, -0.1) is 3.33 Å². The van der Waals surface area contributed by atoms with Gasteiger partial charge in [0.2, 0.25) is 0 Å². The van der Waals surface area contributed by atoms with Crippen LogP contribution >= 0.6 is 16.1 Å². The first-order chi connectivity index (χ1) is 7.93. The molecule has 7 heteroatoms. The number of halogens is 1. The van der Waals surface area contributed by atoms with Crippen molar-refractivity contribution in [2.24, 2.45) is 0 Å². The van der Waals surface area contributed by atoms with Crippen molar-refractivity contribution < 1.29 is 17.9 Å². The van der Waals surface area contributed by atoms with Crippen LogP contribution in [0.5, 0.6) is 0 Å². The SMILES string of the molecule is CCN(Br)S(=O)(=O)c1cccc(C(=O)OC)c1. The molecule has 0 aliphatic heterocycles. The zero-order valence-electron chi connectivity index (χ0n) is 9.38. The Kier molecular flexibility index (Phi) is 4.67. The first-order valence-electron chi connectivity index (χ1n) is 4.80. The van der Waals surface area contributed by atoms with E-state index in [9.17, 15) is 13.2 Å². The van der Waals surface area contributed by atoms with Crippen LogP contribution in [0.15, 0.2) is 29.2 Å². The number of carbonyl (C=O) groups excluding carboxylic acids is 1. The highest BCUT2D eigenvalue weighted by atomic mass is 79.9. The van der Waals surface area contributed by atoms with Crippen LogP contribution in [0.3, 0.4) is 0 Å². The third-order valence-corrected chi connectivity index (χ3v) is 5.34. The van der Waals surface area contributed by atoms with Crippen molar-refractivity contribution in [1.29, 1.82) is 0 Å². The van der Waals surface area contributed by atoms with Crippen molar-refractivity contribution in [3.63, 3.8) is 0 Å². The first-order valence-corrected chi connectivity index (χ1v) is 6.95. The molecular formula is C10H12BrNO4S. The van der Waals surface area contributed by atoms with E-state index in [1.165, 1.54) is 31.4 Å². The summed E-state index contributed by atoms with van der Waals surface area (Å²) in [7, 11) is -2.37. The Labute approximate surface area is 109 Å². The molecule has 0 saturated heterocycles. The standard InChI is InChI=1S/C10H12BrNO4S/c1-3-12(11)17(14,15)9-6-4-5-8(7-9)10(13)16-2/h4-7H,3H2,1-2H3. The van der Waals surface area contributed by atoms with Crippen molar-refractivity contribution in [1.82, 2.24) is 3.33 Å². The molecule has 0 unspecified atom stereocenters. The predicted molar refractivity (Wildman–Crippen MR) is 66.3 cm³/mol. The van der Waals surface area contributed by atoms with Gasteiger partial charge < -0.3 is 4.74 Å². The lowest BCUT2D eigenvalue weighted by molar-refractivity contribution is 0.0600. The fourth-order valence-electron chi connectivity index (χ4n) is 1.19. The Morgan fingerprint density at radius 3 is 2.65 bits per heavy atom. The molecule has 1 aromatic carbocycles. The lowest BCUT2D eigenvalue weighted by atomic mass is 10.2. The Hall–Kier alpha value is -0.920. The second kappa shape index (κ2) is 5.61. The molecule has 0 aliphatic rings. The van der Waals surface area contributed by atoms with Gasteiger partial charge in [-0.05, 0) is 18.2 Å². The van der Waals surface area contributed by atoms with Crippen LogP contribution in [0, 0.1) is 0 Å². The minimum Gasteiger partial charge on any atom is -0.465 e. The molecule has 17 heavy (non-hydrogen) atoms. The molecule has 0 radical (unpaired) electrons. The maximum Gasteiger partial charge on any atom is 0.337 e. The molecule has 0 atom stereocenters. The number of methoxy groups -OCH3 is 1. The van der Waals surface area contributed by atoms with Gasteiger partial charge in [0.05, 0.1) is 17.6 Å². The number of carbonyl (C=O) groups is 1. The van der Waals surface area contributed by atoms with E-state index in [0.717, 1.165) is 3.33 Å². The number of rotatable bonds is 4.